The Labute approximate surface area is 316 Å². The first-order chi connectivity index (χ1) is 26.1. The summed E-state index contributed by atoms with van der Waals surface area (Å²) in [5, 5.41) is 0. The summed E-state index contributed by atoms with van der Waals surface area (Å²) in [4.78, 5) is 5.09. The molecule has 10 rings (SSSR count). The number of benzene rings is 8. The Balaban J connectivity index is 1.29. The van der Waals surface area contributed by atoms with Crippen LogP contribution in [0.1, 0.15) is 25.0 Å². The number of rotatable bonds is 5. The average Bonchev–Trinajstić information content (AvgIpc) is 3.46. The van der Waals surface area contributed by atoms with Gasteiger partial charge in [-0.1, -0.05) is 177 Å². The van der Waals surface area contributed by atoms with Crippen molar-refractivity contribution in [3.05, 3.63) is 199 Å². The first-order valence-corrected chi connectivity index (χ1v) is 19.2. The molecule has 53 heavy (non-hydrogen) atoms. The smallest absolute Gasteiger partial charge is 0.0686 e. The molecule has 0 radical (unpaired) electrons. The summed E-state index contributed by atoms with van der Waals surface area (Å²) in [5.74, 6) is 0. The van der Waals surface area contributed by atoms with Gasteiger partial charge in [0, 0.05) is 32.0 Å². The highest BCUT2D eigenvalue weighted by molar-refractivity contribution is 8.00. The predicted octanol–water partition coefficient (Wildman–Crippen LogP) is 14.6. The van der Waals surface area contributed by atoms with Gasteiger partial charge in [0.15, 0.2) is 0 Å². The molecule has 8 aromatic rings. The first kappa shape index (κ1) is 31.6. The van der Waals surface area contributed by atoms with Crippen LogP contribution in [0.25, 0.3) is 55.6 Å². The van der Waals surface area contributed by atoms with Gasteiger partial charge in [0.25, 0.3) is 0 Å². The van der Waals surface area contributed by atoms with E-state index in [9.17, 15) is 0 Å². The standard InChI is InChI=1S/C51H37NS/c1-51(2)44-30-38(34-18-8-3-9-19-34)28-29-40(44)48-45(51)31-43(37-24-14-6-15-25-37)49-50(48)53-47-33-42(36-22-12-5-13-23-36)41(35-20-10-4-11-21-35)32-46(47)52(49)39-26-16-7-17-27-39/h3-33H,1-2H3. The van der Waals surface area contributed by atoms with Crippen LogP contribution in [-0.4, -0.2) is 0 Å². The Morgan fingerprint density at radius 1 is 0.415 bits per heavy atom. The summed E-state index contributed by atoms with van der Waals surface area (Å²) in [5.41, 5.74) is 18.7. The second-order valence-corrected chi connectivity index (χ2v) is 15.6. The highest BCUT2D eigenvalue weighted by atomic mass is 32.2. The van der Waals surface area contributed by atoms with Gasteiger partial charge in [0.1, 0.15) is 0 Å². The summed E-state index contributed by atoms with van der Waals surface area (Å²) in [6.45, 7) is 4.81. The second kappa shape index (κ2) is 12.5. The fourth-order valence-corrected chi connectivity index (χ4v) is 9.69. The van der Waals surface area contributed by atoms with Crippen molar-refractivity contribution in [1.82, 2.24) is 0 Å². The van der Waals surface area contributed by atoms with Crippen LogP contribution in [0.4, 0.5) is 17.1 Å². The fraction of sp³-hybridized carbons (Fsp3) is 0.0588. The van der Waals surface area contributed by atoms with Gasteiger partial charge in [-0.2, -0.15) is 0 Å². The van der Waals surface area contributed by atoms with E-state index in [1.54, 1.807) is 0 Å². The SMILES string of the molecule is CC1(C)c2cc(-c3ccccc3)ccc2-c2c1cc(-c1ccccc1)c1c2Sc2cc(-c3ccccc3)c(-c3ccccc3)cc2N1c1ccccc1. The van der Waals surface area contributed by atoms with Gasteiger partial charge in [-0.05, 0) is 92.0 Å². The van der Waals surface area contributed by atoms with Crippen LogP contribution in [0.5, 0.6) is 0 Å². The van der Waals surface area contributed by atoms with Gasteiger partial charge in [0.05, 0.1) is 11.4 Å². The van der Waals surface area contributed by atoms with Crippen molar-refractivity contribution >= 4 is 28.8 Å². The van der Waals surface area contributed by atoms with Crippen LogP contribution in [-0.2, 0) is 5.41 Å². The van der Waals surface area contributed by atoms with Crippen molar-refractivity contribution in [2.75, 3.05) is 4.90 Å². The molecular formula is C51H37NS. The van der Waals surface area contributed by atoms with Crippen molar-refractivity contribution < 1.29 is 0 Å². The molecular weight excluding hydrogens is 659 g/mol. The van der Waals surface area contributed by atoms with E-state index in [2.05, 4.69) is 207 Å². The van der Waals surface area contributed by atoms with Crippen molar-refractivity contribution in [2.24, 2.45) is 0 Å². The summed E-state index contributed by atoms with van der Waals surface area (Å²) in [6, 6.07) is 68.9. The number of para-hydroxylation sites is 1. The third-order valence-electron chi connectivity index (χ3n) is 11.0. The second-order valence-electron chi connectivity index (χ2n) is 14.5. The van der Waals surface area contributed by atoms with Gasteiger partial charge < -0.3 is 4.90 Å². The lowest BCUT2D eigenvalue weighted by molar-refractivity contribution is 0.660. The van der Waals surface area contributed by atoms with Crippen LogP contribution in [0.3, 0.4) is 0 Å². The highest BCUT2D eigenvalue weighted by Crippen LogP contribution is 2.63. The molecule has 1 nitrogen and oxygen atoms in total. The van der Waals surface area contributed by atoms with E-state index in [1.165, 1.54) is 87.9 Å². The molecule has 2 aliphatic rings. The summed E-state index contributed by atoms with van der Waals surface area (Å²) in [6.07, 6.45) is 0. The Bertz CT molecular complexity index is 2630. The zero-order chi connectivity index (χ0) is 35.5. The largest absolute Gasteiger partial charge is 0.308 e. The molecule has 0 N–H and O–H groups in total. The first-order valence-electron chi connectivity index (χ1n) is 18.4. The normalized spacial score (nSPS) is 13.5. The summed E-state index contributed by atoms with van der Waals surface area (Å²) >= 11 is 1.93. The Hall–Kier alpha value is -6.09. The molecule has 0 aromatic heterocycles. The summed E-state index contributed by atoms with van der Waals surface area (Å²) < 4.78 is 0. The fourth-order valence-electron chi connectivity index (χ4n) is 8.42. The lowest BCUT2D eigenvalue weighted by Gasteiger charge is -2.37. The van der Waals surface area contributed by atoms with Crippen LogP contribution < -0.4 is 4.90 Å². The maximum atomic E-state index is 2.54. The van der Waals surface area contributed by atoms with E-state index >= 15 is 0 Å². The van der Waals surface area contributed by atoms with Gasteiger partial charge in [-0.15, -0.1) is 0 Å². The van der Waals surface area contributed by atoms with Gasteiger partial charge in [-0.3, -0.25) is 0 Å². The van der Waals surface area contributed by atoms with Crippen LogP contribution in [0.2, 0.25) is 0 Å². The number of nitrogens with zero attached hydrogens (tertiary/aromatic N) is 1. The molecule has 8 aromatic carbocycles. The van der Waals surface area contributed by atoms with E-state index in [0.717, 1.165) is 5.69 Å². The molecule has 0 unspecified atom stereocenters. The zero-order valence-electron chi connectivity index (χ0n) is 29.8. The predicted molar refractivity (Wildman–Crippen MR) is 225 cm³/mol. The van der Waals surface area contributed by atoms with E-state index < -0.39 is 0 Å². The van der Waals surface area contributed by atoms with E-state index in [4.69, 9.17) is 0 Å². The van der Waals surface area contributed by atoms with Crippen LogP contribution in [0.15, 0.2) is 198 Å². The number of anilines is 3. The lowest BCUT2D eigenvalue weighted by Crippen LogP contribution is -2.19. The van der Waals surface area contributed by atoms with Crippen molar-refractivity contribution in [3.8, 4) is 55.6 Å². The topological polar surface area (TPSA) is 3.24 Å². The van der Waals surface area contributed by atoms with E-state index in [1.807, 2.05) is 11.8 Å². The van der Waals surface area contributed by atoms with E-state index in [0.29, 0.717) is 0 Å². The molecule has 0 bridgehead atoms. The lowest BCUT2D eigenvalue weighted by atomic mass is 9.80. The van der Waals surface area contributed by atoms with Gasteiger partial charge in [-0.25, -0.2) is 0 Å². The Morgan fingerprint density at radius 3 is 1.51 bits per heavy atom. The number of fused-ring (bicyclic) bond motifs is 6. The van der Waals surface area contributed by atoms with Gasteiger partial charge in [0.2, 0.25) is 0 Å². The molecule has 0 amide bonds. The van der Waals surface area contributed by atoms with Crippen LogP contribution >= 0.6 is 11.8 Å². The molecule has 1 aliphatic heterocycles. The molecule has 0 spiro atoms. The Kier molecular flexibility index (Phi) is 7.49. The van der Waals surface area contributed by atoms with Crippen molar-refractivity contribution in [3.63, 3.8) is 0 Å². The molecule has 0 fully saturated rings. The van der Waals surface area contributed by atoms with E-state index in [-0.39, 0.29) is 5.41 Å². The minimum absolute atomic E-state index is 0.196. The molecule has 252 valence electrons. The van der Waals surface area contributed by atoms with Crippen molar-refractivity contribution in [1.29, 1.82) is 0 Å². The zero-order valence-corrected chi connectivity index (χ0v) is 30.6. The van der Waals surface area contributed by atoms with Crippen LogP contribution in [0, 0.1) is 0 Å². The molecule has 0 atom stereocenters. The molecule has 1 aliphatic carbocycles. The minimum atomic E-state index is -0.196. The molecule has 0 saturated carbocycles. The number of hydrogen-bond acceptors (Lipinski definition) is 2. The van der Waals surface area contributed by atoms with Crippen molar-refractivity contribution in [2.45, 2.75) is 29.1 Å². The molecule has 0 saturated heterocycles. The quantitative estimate of drug-likeness (QED) is 0.176. The monoisotopic (exact) mass is 695 g/mol. The molecule has 2 heteroatoms. The average molecular weight is 696 g/mol. The highest BCUT2D eigenvalue weighted by Gasteiger charge is 2.42. The van der Waals surface area contributed by atoms with Gasteiger partial charge >= 0.3 is 0 Å². The minimum Gasteiger partial charge on any atom is -0.308 e. The third-order valence-corrected chi connectivity index (χ3v) is 12.2. The maximum Gasteiger partial charge on any atom is 0.0686 e. The molecule has 1 heterocycles. The number of hydrogen-bond donors (Lipinski definition) is 0. The maximum absolute atomic E-state index is 2.54. The third kappa shape index (κ3) is 5.17. The Morgan fingerprint density at radius 2 is 0.925 bits per heavy atom. The summed E-state index contributed by atoms with van der Waals surface area (Å²) in [7, 11) is 0.